The Kier molecular flexibility index (Phi) is 6.00. The third-order valence-corrected chi connectivity index (χ3v) is 2.22. The predicted octanol–water partition coefficient (Wildman–Crippen LogP) is 1.52. The van der Waals surface area contributed by atoms with Gasteiger partial charge in [0.15, 0.2) is 0 Å². The van der Waals surface area contributed by atoms with Crippen molar-refractivity contribution in [3.05, 3.63) is 30.1 Å². The summed E-state index contributed by atoms with van der Waals surface area (Å²) < 4.78 is 11.1. The molecule has 0 aromatic carbocycles. The Morgan fingerprint density at radius 2 is 2.31 bits per heavy atom. The van der Waals surface area contributed by atoms with Crippen LogP contribution >= 0.6 is 0 Å². The topological polar surface area (TPSA) is 57.4 Å². The maximum absolute atomic E-state index is 5.80. The molecule has 0 amide bonds. The maximum atomic E-state index is 5.80. The fraction of sp³-hybridized carbons (Fsp3) is 0.583. The molecule has 0 saturated heterocycles. The second-order valence-electron chi connectivity index (χ2n) is 3.62. The lowest BCUT2D eigenvalue weighted by Crippen LogP contribution is -2.24. The number of pyridine rings is 1. The molecule has 16 heavy (non-hydrogen) atoms. The third-order valence-electron chi connectivity index (χ3n) is 2.22. The van der Waals surface area contributed by atoms with E-state index in [4.69, 9.17) is 15.2 Å². The molecule has 0 fully saturated rings. The van der Waals surface area contributed by atoms with Gasteiger partial charge < -0.3 is 15.2 Å². The van der Waals surface area contributed by atoms with Crippen molar-refractivity contribution >= 4 is 0 Å². The van der Waals surface area contributed by atoms with E-state index in [9.17, 15) is 0 Å². The highest BCUT2D eigenvalue weighted by molar-refractivity contribution is 5.12. The Bertz CT molecular complexity index is 280. The van der Waals surface area contributed by atoms with Gasteiger partial charge >= 0.3 is 0 Å². The molecule has 1 rings (SSSR count). The van der Waals surface area contributed by atoms with Crippen molar-refractivity contribution < 1.29 is 9.47 Å². The lowest BCUT2D eigenvalue weighted by molar-refractivity contribution is -0.0442. The van der Waals surface area contributed by atoms with E-state index in [0.29, 0.717) is 19.8 Å². The fourth-order valence-electron chi connectivity index (χ4n) is 1.44. The molecule has 4 nitrogen and oxygen atoms in total. The minimum atomic E-state index is -0.107. The standard InChI is InChI=1S/C12H20N2O2/c1-3-15-9-10(2)16-12(7-13)11-5-4-6-14-8-11/h4-6,8,10,12H,3,7,9,13H2,1-2H3. The lowest BCUT2D eigenvalue weighted by Gasteiger charge is -2.21. The van der Waals surface area contributed by atoms with Crippen LogP contribution in [0.15, 0.2) is 24.5 Å². The normalized spacial score (nSPS) is 14.7. The van der Waals surface area contributed by atoms with Gasteiger partial charge in [-0.2, -0.15) is 0 Å². The molecular weight excluding hydrogens is 204 g/mol. The average Bonchev–Trinajstić information content (AvgIpc) is 2.34. The molecule has 2 atom stereocenters. The van der Waals surface area contributed by atoms with E-state index >= 15 is 0 Å². The molecule has 0 aliphatic carbocycles. The van der Waals surface area contributed by atoms with E-state index < -0.39 is 0 Å². The van der Waals surface area contributed by atoms with Crippen LogP contribution in [0.4, 0.5) is 0 Å². The van der Waals surface area contributed by atoms with Gasteiger partial charge in [-0.3, -0.25) is 4.98 Å². The molecule has 0 bridgehead atoms. The molecular formula is C12H20N2O2. The second kappa shape index (κ2) is 7.33. The number of nitrogens with zero attached hydrogens (tertiary/aromatic N) is 1. The zero-order valence-corrected chi connectivity index (χ0v) is 9.93. The fourth-order valence-corrected chi connectivity index (χ4v) is 1.44. The highest BCUT2D eigenvalue weighted by atomic mass is 16.5. The number of hydrogen-bond donors (Lipinski definition) is 1. The summed E-state index contributed by atoms with van der Waals surface area (Å²) >= 11 is 0. The summed E-state index contributed by atoms with van der Waals surface area (Å²) in [6.07, 6.45) is 3.45. The van der Waals surface area contributed by atoms with Crippen molar-refractivity contribution in [3.8, 4) is 0 Å². The predicted molar refractivity (Wildman–Crippen MR) is 63.1 cm³/mol. The van der Waals surface area contributed by atoms with E-state index in [1.807, 2.05) is 26.0 Å². The Labute approximate surface area is 96.8 Å². The van der Waals surface area contributed by atoms with Crippen molar-refractivity contribution in [3.63, 3.8) is 0 Å². The summed E-state index contributed by atoms with van der Waals surface area (Å²) in [5.41, 5.74) is 6.70. The quantitative estimate of drug-likeness (QED) is 0.763. The van der Waals surface area contributed by atoms with Gasteiger partial charge in [0.1, 0.15) is 0 Å². The number of hydrogen-bond acceptors (Lipinski definition) is 4. The zero-order valence-electron chi connectivity index (χ0n) is 9.93. The van der Waals surface area contributed by atoms with Crippen LogP contribution in [0.2, 0.25) is 0 Å². The molecule has 0 radical (unpaired) electrons. The van der Waals surface area contributed by atoms with E-state index in [-0.39, 0.29) is 12.2 Å². The lowest BCUT2D eigenvalue weighted by atomic mass is 10.1. The van der Waals surface area contributed by atoms with Crippen molar-refractivity contribution in [2.75, 3.05) is 19.8 Å². The van der Waals surface area contributed by atoms with Gasteiger partial charge in [-0.25, -0.2) is 0 Å². The van der Waals surface area contributed by atoms with Crippen LogP contribution in [0.3, 0.4) is 0 Å². The third kappa shape index (κ3) is 4.26. The number of aromatic nitrogens is 1. The minimum absolute atomic E-state index is 0.0358. The van der Waals surface area contributed by atoms with Gasteiger partial charge in [0.25, 0.3) is 0 Å². The first-order valence-electron chi connectivity index (χ1n) is 5.61. The zero-order chi connectivity index (χ0) is 11.8. The molecule has 0 aliphatic heterocycles. The summed E-state index contributed by atoms with van der Waals surface area (Å²) in [4.78, 5) is 4.06. The molecule has 1 aromatic heterocycles. The molecule has 2 unspecified atom stereocenters. The molecule has 2 N–H and O–H groups in total. The van der Waals surface area contributed by atoms with Crippen LogP contribution in [0, 0.1) is 0 Å². The van der Waals surface area contributed by atoms with Crippen LogP contribution in [-0.4, -0.2) is 30.8 Å². The summed E-state index contributed by atoms with van der Waals surface area (Å²) in [6, 6.07) is 3.85. The summed E-state index contributed by atoms with van der Waals surface area (Å²) in [5.74, 6) is 0. The molecule has 0 saturated carbocycles. The largest absolute Gasteiger partial charge is 0.379 e. The minimum Gasteiger partial charge on any atom is -0.379 e. The summed E-state index contributed by atoms with van der Waals surface area (Å²) in [7, 11) is 0. The number of nitrogens with two attached hydrogens (primary N) is 1. The highest BCUT2D eigenvalue weighted by Gasteiger charge is 2.14. The SMILES string of the molecule is CCOCC(C)OC(CN)c1cccnc1. The first-order chi connectivity index (χ1) is 7.77. The first kappa shape index (κ1) is 13.1. The van der Waals surface area contributed by atoms with Gasteiger partial charge in [-0.1, -0.05) is 6.07 Å². The van der Waals surface area contributed by atoms with Crippen molar-refractivity contribution in [1.82, 2.24) is 4.98 Å². The van der Waals surface area contributed by atoms with Gasteiger partial charge in [0.05, 0.1) is 18.8 Å². The molecule has 1 heterocycles. The van der Waals surface area contributed by atoms with E-state index in [1.54, 1.807) is 12.4 Å². The van der Waals surface area contributed by atoms with Gasteiger partial charge in [-0.15, -0.1) is 0 Å². The first-order valence-corrected chi connectivity index (χ1v) is 5.61. The smallest absolute Gasteiger partial charge is 0.0966 e. The van der Waals surface area contributed by atoms with Gasteiger partial charge in [0, 0.05) is 31.1 Å². The number of rotatable bonds is 7. The average molecular weight is 224 g/mol. The maximum Gasteiger partial charge on any atom is 0.0966 e. The summed E-state index contributed by atoms with van der Waals surface area (Å²) in [6.45, 7) is 5.69. The van der Waals surface area contributed by atoms with Crippen LogP contribution in [0.1, 0.15) is 25.5 Å². The molecule has 4 heteroatoms. The Morgan fingerprint density at radius 1 is 1.50 bits per heavy atom. The summed E-state index contributed by atoms with van der Waals surface area (Å²) in [5, 5.41) is 0. The Balaban J connectivity index is 2.49. The van der Waals surface area contributed by atoms with Crippen molar-refractivity contribution in [2.45, 2.75) is 26.1 Å². The molecule has 0 aliphatic rings. The van der Waals surface area contributed by atoms with Gasteiger partial charge in [-0.05, 0) is 19.9 Å². The van der Waals surface area contributed by atoms with E-state index in [0.717, 1.165) is 5.56 Å². The van der Waals surface area contributed by atoms with Crippen LogP contribution in [-0.2, 0) is 9.47 Å². The van der Waals surface area contributed by atoms with Crippen LogP contribution in [0.5, 0.6) is 0 Å². The monoisotopic (exact) mass is 224 g/mol. The molecule has 1 aromatic rings. The second-order valence-corrected chi connectivity index (χ2v) is 3.62. The van der Waals surface area contributed by atoms with E-state index in [2.05, 4.69) is 4.98 Å². The molecule has 90 valence electrons. The van der Waals surface area contributed by atoms with Crippen LogP contribution in [0.25, 0.3) is 0 Å². The Hall–Kier alpha value is -0.970. The van der Waals surface area contributed by atoms with Gasteiger partial charge in [0.2, 0.25) is 0 Å². The van der Waals surface area contributed by atoms with E-state index in [1.165, 1.54) is 0 Å². The molecule has 0 spiro atoms. The van der Waals surface area contributed by atoms with Crippen molar-refractivity contribution in [1.29, 1.82) is 0 Å². The Morgan fingerprint density at radius 3 is 2.88 bits per heavy atom. The number of ether oxygens (including phenoxy) is 2. The highest BCUT2D eigenvalue weighted by Crippen LogP contribution is 2.16. The van der Waals surface area contributed by atoms with Crippen molar-refractivity contribution in [2.24, 2.45) is 5.73 Å². The van der Waals surface area contributed by atoms with Crippen LogP contribution < -0.4 is 5.73 Å².